The first kappa shape index (κ1) is 25.1. The van der Waals surface area contributed by atoms with E-state index in [9.17, 15) is 4.79 Å². The van der Waals surface area contributed by atoms with E-state index in [1.165, 1.54) is 6.08 Å². The van der Waals surface area contributed by atoms with E-state index >= 15 is 0 Å². The summed E-state index contributed by atoms with van der Waals surface area (Å²) < 4.78 is 0. The summed E-state index contributed by atoms with van der Waals surface area (Å²) in [5.74, 6) is 0. The lowest BCUT2D eigenvalue weighted by atomic mass is 9.86. The van der Waals surface area contributed by atoms with Crippen molar-refractivity contribution in [1.29, 1.82) is 0 Å². The van der Waals surface area contributed by atoms with E-state index in [4.69, 9.17) is 15.8 Å². The highest BCUT2D eigenvalue weighted by molar-refractivity contribution is 6.41. The maximum Gasteiger partial charge on any atom is 0.455 e. The Balaban J connectivity index is -0.000000240. The van der Waals surface area contributed by atoms with Crippen LogP contribution in [0.1, 0.15) is 48.0 Å². The molecule has 0 aliphatic rings. The van der Waals surface area contributed by atoms with Gasteiger partial charge in [0.2, 0.25) is 0 Å². The Bertz CT molecular complexity index is 278. The zero-order valence-corrected chi connectivity index (χ0v) is 14.6. The summed E-state index contributed by atoms with van der Waals surface area (Å²) in [7, 11) is -1.22. The molecule has 0 heterocycles. The molecule has 124 valence electrons. The molecule has 21 heavy (non-hydrogen) atoms. The van der Waals surface area contributed by atoms with Crippen LogP contribution in [0.5, 0.6) is 0 Å². The molecule has 0 aliphatic carbocycles. The third-order valence-electron chi connectivity index (χ3n) is 2.26. The van der Waals surface area contributed by atoms with E-state index in [1.54, 1.807) is 0 Å². The molecule has 1 atom stereocenters. The monoisotopic (exact) mass is 299 g/mol. The molecule has 0 saturated heterocycles. The van der Waals surface area contributed by atoms with E-state index < -0.39 is 7.12 Å². The molecule has 0 fully saturated rings. The predicted molar refractivity (Wildman–Crippen MR) is 93.0 cm³/mol. The highest BCUT2D eigenvalue weighted by Gasteiger charge is 2.18. The second-order valence-corrected chi connectivity index (χ2v) is 6.99. The minimum atomic E-state index is -1.22. The largest absolute Gasteiger partial charge is 0.455 e. The van der Waals surface area contributed by atoms with E-state index in [-0.39, 0.29) is 23.2 Å². The maximum absolute atomic E-state index is 9.83. The summed E-state index contributed by atoms with van der Waals surface area (Å²) in [4.78, 5) is 9.83. The normalized spacial score (nSPS) is 11.9. The van der Waals surface area contributed by atoms with Crippen molar-refractivity contribution in [2.45, 2.75) is 60.3 Å². The molecule has 0 aromatic rings. The van der Waals surface area contributed by atoms with Gasteiger partial charge < -0.3 is 20.6 Å². The van der Waals surface area contributed by atoms with Gasteiger partial charge in [-0.3, -0.25) is 0 Å². The van der Waals surface area contributed by atoms with Gasteiger partial charge in [-0.25, -0.2) is 0 Å². The second kappa shape index (κ2) is 12.8. The van der Waals surface area contributed by atoms with Crippen LogP contribution in [0.4, 0.5) is 0 Å². The molecular formula is C16H34BNO3. The van der Waals surface area contributed by atoms with Crippen LogP contribution in [0.2, 0.25) is 6.32 Å². The van der Waals surface area contributed by atoms with Crippen LogP contribution in [0.3, 0.4) is 0 Å². The van der Waals surface area contributed by atoms with Gasteiger partial charge in [-0.2, -0.15) is 0 Å². The summed E-state index contributed by atoms with van der Waals surface area (Å²) >= 11 is 0. The van der Waals surface area contributed by atoms with Gasteiger partial charge in [-0.1, -0.05) is 53.7 Å². The van der Waals surface area contributed by atoms with Crippen LogP contribution in [0.15, 0.2) is 25.3 Å². The summed E-state index contributed by atoms with van der Waals surface area (Å²) in [6, 6.07) is 0.245. The fourth-order valence-electron chi connectivity index (χ4n) is 0.682. The standard InChI is InChI=1S/C8H17N.C5H10O.C3H7BO2/c1-5-6-7(9)8(2,3)4;1-5(2,3)4-6;1-2-3-4(5)6/h5,7H,1,6,9H2,2-4H3;4H,1-3H3;2,5-6H,1,3H2. The smallest absolute Gasteiger partial charge is 0.427 e. The maximum atomic E-state index is 9.83. The van der Waals surface area contributed by atoms with Gasteiger partial charge in [0.15, 0.2) is 0 Å². The molecule has 0 radical (unpaired) electrons. The summed E-state index contributed by atoms with van der Waals surface area (Å²) in [5, 5.41) is 16.1. The fraction of sp³-hybridized carbons (Fsp3) is 0.688. The quantitative estimate of drug-likeness (QED) is 0.423. The predicted octanol–water partition coefficient (Wildman–Crippen LogP) is 2.81. The second-order valence-electron chi connectivity index (χ2n) is 6.99. The van der Waals surface area contributed by atoms with Crippen molar-refractivity contribution < 1.29 is 14.8 Å². The lowest BCUT2D eigenvalue weighted by Gasteiger charge is -2.25. The molecule has 0 aliphatic heterocycles. The van der Waals surface area contributed by atoms with Gasteiger partial charge in [0.1, 0.15) is 6.29 Å². The lowest BCUT2D eigenvalue weighted by molar-refractivity contribution is -0.113. The van der Waals surface area contributed by atoms with Crippen molar-refractivity contribution in [3.05, 3.63) is 25.3 Å². The zero-order chi connectivity index (χ0) is 17.7. The number of allylic oxidation sites excluding steroid dienone is 1. The summed E-state index contributed by atoms with van der Waals surface area (Å²) in [5.41, 5.74) is 5.87. The number of hydrogen-bond acceptors (Lipinski definition) is 4. The highest BCUT2D eigenvalue weighted by atomic mass is 16.4. The van der Waals surface area contributed by atoms with Gasteiger partial charge in [0.25, 0.3) is 0 Å². The number of carbonyl (C=O) groups is 1. The van der Waals surface area contributed by atoms with Crippen LogP contribution in [-0.2, 0) is 4.79 Å². The van der Waals surface area contributed by atoms with Gasteiger partial charge in [0.05, 0.1) is 0 Å². The molecule has 0 amide bonds. The number of hydrogen-bond donors (Lipinski definition) is 3. The molecule has 0 aromatic carbocycles. The van der Waals surface area contributed by atoms with Gasteiger partial charge in [0, 0.05) is 11.5 Å². The van der Waals surface area contributed by atoms with Crippen LogP contribution in [0.25, 0.3) is 0 Å². The molecule has 1 unspecified atom stereocenters. The molecule has 4 nitrogen and oxygen atoms in total. The molecule has 0 saturated carbocycles. The van der Waals surface area contributed by atoms with E-state index in [2.05, 4.69) is 33.9 Å². The minimum Gasteiger partial charge on any atom is -0.427 e. The Morgan fingerprint density at radius 2 is 1.48 bits per heavy atom. The number of nitrogens with two attached hydrogens (primary N) is 1. The van der Waals surface area contributed by atoms with Gasteiger partial charge in [-0.15, -0.1) is 13.2 Å². The first-order valence-electron chi connectivity index (χ1n) is 7.11. The van der Waals surface area contributed by atoms with Crippen LogP contribution >= 0.6 is 0 Å². The third-order valence-corrected chi connectivity index (χ3v) is 2.26. The molecule has 4 N–H and O–H groups in total. The Morgan fingerprint density at radius 3 is 1.52 bits per heavy atom. The summed E-state index contributed by atoms with van der Waals surface area (Å²) in [6.45, 7) is 19.0. The van der Waals surface area contributed by atoms with Crippen molar-refractivity contribution in [3.63, 3.8) is 0 Å². The van der Waals surface area contributed by atoms with Crippen LogP contribution in [-0.4, -0.2) is 29.5 Å². The molecule has 0 bridgehead atoms. The number of aldehydes is 1. The Morgan fingerprint density at radius 1 is 1.10 bits per heavy atom. The van der Waals surface area contributed by atoms with Crippen molar-refractivity contribution in [3.8, 4) is 0 Å². The van der Waals surface area contributed by atoms with Crippen molar-refractivity contribution >= 4 is 13.4 Å². The third kappa shape index (κ3) is 28.1. The highest BCUT2D eigenvalue weighted by Crippen LogP contribution is 2.19. The van der Waals surface area contributed by atoms with E-state index in [0.717, 1.165) is 12.7 Å². The van der Waals surface area contributed by atoms with Crippen molar-refractivity contribution in [2.24, 2.45) is 16.6 Å². The summed E-state index contributed by atoms with van der Waals surface area (Å²) in [6.07, 6.45) is 5.41. The molecule has 0 aromatic heterocycles. The van der Waals surface area contributed by atoms with Gasteiger partial charge in [-0.05, 0) is 18.2 Å². The molecular weight excluding hydrogens is 265 g/mol. The van der Waals surface area contributed by atoms with Crippen LogP contribution in [0, 0.1) is 10.8 Å². The SMILES string of the molecule is C=CCB(O)O.C=CCC(N)C(C)(C)C.CC(C)(C)C=O. The van der Waals surface area contributed by atoms with E-state index in [1.807, 2.05) is 26.8 Å². The number of rotatable bonds is 4. The molecule has 0 rings (SSSR count). The Kier molecular flexibility index (Phi) is 15.3. The van der Waals surface area contributed by atoms with Crippen molar-refractivity contribution in [2.75, 3.05) is 0 Å². The zero-order valence-electron chi connectivity index (χ0n) is 14.6. The topological polar surface area (TPSA) is 83.6 Å². The Labute approximate surface area is 131 Å². The lowest BCUT2D eigenvalue weighted by Crippen LogP contribution is -2.34. The van der Waals surface area contributed by atoms with Gasteiger partial charge >= 0.3 is 7.12 Å². The number of carbonyl (C=O) groups excluding carboxylic acids is 1. The molecule has 0 spiro atoms. The average Bonchev–Trinajstić information content (AvgIpc) is 2.28. The average molecular weight is 299 g/mol. The van der Waals surface area contributed by atoms with Crippen molar-refractivity contribution in [1.82, 2.24) is 0 Å². The first-order chi connectivity index (χ1) is 9.31. The minimum absolute atomic E-state index is 0.139. The Hall–Kier alpha value is -0.905. The fourth-order valence-corrected chi connectivity index (χ4v) is 0.682. The molecule has 5 heteroatoms. The van der Waals surface area contributed by atoms with E-state index in [0.29, 0.717) is 0 Å². The van der Waals surface area contributed by atoms with Crippen LogP contribution < -0.4 is 5.73 Å². The first-order valence-corrected chi connectivity index (χ1v) is 7.11.